The minimum absolute atomic E-state index is 0.124. The smallest absolute Gasteiger partial charge is 0.338 e. The van der Waals surface area contributed by atoms with Crippen molar-refractivity contribution >= 4 is 17.3 Å². The summed E-state index contributed by atoms with van der Waals surface area (Å²) < 4.78 is 6.84. The quantitative estimate of drug-likeness (QED) is 0.546. The molecule has 0 N–H and O–H groups in total. The van der Waals surface area contributed by atoms with E-state index in [1.807, 2.05) is 43.5 Å². The lowest BCUT2D eigenvalue weighted by molar-refractivity contribution is 0.0526. The second-order valence-corrected chi connectivity index (χ2v) is 5.35. The van der Waals surface area contributed by atoms with Crippen LogP contribution in [0.25, 0.3) is 5.52 Å². The van der Waals surface area contributed by atoms with E-state index in [1.54, 1.807) is 29.5 Å². The van der Waals surface area contributed by atoms with Crippen LogP contribution in [0.5, 0.6) is 0 Å². The zero-order chi connectivity index (χ0) is 16.4. The monoisotopic (exact) mass is 307 g/mol. The highest BCUT2D eigenvalue weighted by Gasteiger charge is 2.17. The van der Waals surface area contributed by atoms with Crippen LogP contribution in [-0.2, 0) is 4.74 Å². The lowest BCUT2D eigenvalue weighted by atomic mass is 10.0. The van der Waals surface area contributed by atoms with E-state index in [-0.39, 0.29) is 5.78 Å². The molecule has 0 spiro atoms. The molecule has 0 aliphatic carbocycles. The molecule has 1 aromatic carbocycles. The van der Waals surface area contributed by atoms with E-state index in [9.17, 15) is 9.59 Å². The highest BCUT2D eigenvalue weighted by atomic mass is 16.5. The Balaban J connectivity index is 2.13. The topological polar surface area (TPSA) is 47.8 Å². The summed E-state index contributed by atoms with van der Waals surface area (Å²) in [6, 6.07) is 14.4. The first kappa shape index (κ1) is 15.0. The van der Waals surface area contributed by atoms with Crippen molar-refractivity contribution < 1.29 is 14.3 Å². The van der Waals surface area contributed by atoms with Crippen molar-refractivity contribution in [2.45, 2.75) is 13.8 Å². The Kier molecular flexibility index (Phi) is 3.98. The van der Waals surface area contributed by atoms with E-state index in [4.69, 9.17) is 4.74 Å². The average molecular weight is 307 g/mol. The van der Waals surface area contributed by atoms with Gasteiger partial charge in [0.25, 0.3) is 0 Å². The van der Waals surface area contributed by atoms with Crippen LogP contribution in [0.15, 0.2) is 54.7 Å². The van der Waals surface area contributed by atoms with Crippen molar-refractivity contribution in [2.75, 3.05) is 6.61 Å². The molecular formula is C19H17NO3. The zero-order valence-corrected chi connectivity index (χ0v) is 13.1. The van der Waals surface area contributed by atoms with E-state index in [0.29, 0.717) is 23.4 Å². The molecule has 0 radical (unpaired) electrons. The van der Waals surface area contributed by atoms with Gasteiger partial charge in [0.15, 0.2) is 0 Å². The van der Waals surface area contributed by atoms with Gasteiger partial charge in [-0.3, -0.25) is 4.79 Å². The molecule has 0 amide bonds. The highest BCUT2D eigenvalue weighted by Crippen LogP contribution is 2.18. The van der Waals surface area contributed by atoms with Gasteiger partial charge in [0.1, 0.15) is 0 Å². The molecule has 0 saturated carbocycles. The van der Waals surface area contributed by atoms with Crippen molar-refractivity contribution in [3.8, 4) is 0 Å². The lowest BCUT2D eigenvalue weighted by Crippen LogP contribution is -2.12. The van der Waals surface area contributed by atoms with Gasteiger partial charge in [-0.05, 0) is 44.2 Å². The number of aryl methyl sites for hydroxylation is 1. The summed E-state index contributed by atoms with van der Waals surface area (Å²) >= 11 is 0. The number of ketones is 1. The van der Waals surface area contributed by atoms with E-state index >= 15 is 0 Å². The first-order valence-corrected chi connectivity index (χ1v) is 7.49. The van der Waals surface area contributed by atoms with Gasteiger partial charge in [-0.25, -0.2) is 4.79 Å². The number of carbonyl (C=O) groups is 2. The summed E-state index contributed by atoms with van der Waals surface area (Å²) in [6.45, 7) is 4.00. The van der Waals surface area contributed by atoms with Crippen molar-refractivity contribution in [3.63, 3.8) is 0 Å². The third-order valence-electron chi connectivity index (χ3n) is 3.66. The van der Waals surface area contributed by atoms with E-state index in [0.717, 1.165) is 11.1 Å². The normalized spacial score (nSPS) is 10.7. The van der Waals surface area contributed by atoms with Crippen LogP contribution in [0.2, 0.25) is 0 Å². The van der Waals surface area contributed by atoms with Gasteiger partial charge < -0.3 is 9.14 Å². The van der Waals surface area contributed by atoms with Crippen molar-refractivity contribution in [3.05, 3.63) is 77.1 Å². The van der Waals surface area contributed by atoms with Crippen LogP contribution in [0.4, 0.5) is 0 Å². The molecule has 3 aromatic rings. The summed E-state index contributed by atoms with van der Waals surface area (Å²) in [4.78, 5) is 24.9. The molecule has 0 saturated heterocycles. The molecule has 116 valence electrons. The molecule has 23 heavy (non-hydrogen) atoms. The predicted octanol–water partition coefficient (Wildman–Crippen LogP) is 3.66. The van der Waals surface area contributed by atoms with Crippen LogP contribution >= 0.6 is 0 Å². The van der Waals surface area contributed by atoms with E-state index < -0.39 is 5.97 Å². The third kappa shape index (κ3) is 2.88. The fraction of sp³-hybridized carbons (Fsp3) is 0.158. The minimum Gasteiger partial charge on any atom is -0.462 e. The molecular weight excluding hydrogens is 290 g/mol. The third-order valence-corrected chi connectivity index (χ3v) is 3.66. The molecule has 4 nitrogen and oxygen atoms in total. The number of hydrogen-bond acceptors (Lipinski definition) is 3. The van der Waals surface area contributed by atoms with Gasteiger partial charge in [0.2, 0.25) is 5.78 Å². The van der Waals surface area contributed by atoms with Gasteiger partial charge in [-0.1, -0.05) is 23.8 Å². The second-order valence-electron chi connectivity index (χ2n) is 5.35. The maximum Gasteiger partial charge on any atom is 0.338 e. The van der Waals surface area contributed by atoms with Gasteiger partial charge >= 0.3 is 5.97 Å². The molecule has 0 fully saturated rings. The van der Waals surface area contributed by atoms with Gasteiger partial charge in [-0.2, -0.15) is 0 Å². The second kappa shape index (κ2) is 6.08. The molecule has 0 aliphatic rings. The minimum atomic E-state index is -0.422. The number of aromatic nitrogens is 1. The maximum absolute atomic E-state index is 12.9. The number of pyridine rings is 1. The van der Waals surface area contributed by atoms with Crippen LogP contribution < -0.4 is 0 Å². The Labute approximate surface area is 134 Å². The van der Waals surface area contributed by atoms with Crippen molar-refractivity contribution in [1.82, 2.24) is 4.40 Å². The maximum atomic E-state index is 12.9. The number of carbonyl (C=O) groups excluding carboxylic acids is 2. The van der Waals surface area contributed by atoms with Crippen LogP contribution in [0, 0.1) is 6.92 Å². The molecule has 0 unspecified atom stereocenters. The summed E-state index contributed by atoms with van der Waals surface area (Å²) in [6.07, 6.45) is 1.81. The number of hydrogen-bond donors (Lipinski definition) is 0. The molecule has 3 rings (SSSR count). The van der Waals surface area contributed by atoms with Crippen LogP contribution in [-0.4, -0.2) is 22.8 Å². The predicted molar refractivity (Wildman–Crippen MR) is 88.0 cm³/mol. The Morgan fingerprint density at radius 2 is 1.87 bits per heavy atom. The van der Waals surface area contributed by atoms with E-state index in [2.05, 4.69) is 0 Å². The number of esters is 1. The number of nitrogens with zero attached hydrogens (tertiary/aromatic N) is 1. The molecule has 0 atom stereocenters. The van der Waals surface area contributed by atoms with Crippen LogP contribution in [0.1, 0.15) is 38.9 Å². The molecule has 2 aromatic heterocycles. The Hall–Kier alpha value is -2.88. The molecule has 2 heterocycles. The first-order valence-electron chi connectivity index (χ1n) is 7.49. The van der Waals surface area contributed by atoms with Gasteiger partial charge in [0.05, 0.1) is 17.9 Å². The number of ether oxygens (including phenoxy) is 1. The van der Waals surface area contributed by atoms with Crippen molar-refractivity contribution in [2.24, 2.45) is 0 Å². The summed E-state index contributed by atoms with van der Waals surface area (Å²) in [5.41, 5.74) is 3.23. The summed E-state index contributed by atoms with van der Waals surface area (Å²) in [5.74, 6) is -0.546. The Morgan fingerprint density at radius 1 is 1.04 bits per heavy atom. The largest absolute Gasteiger partial charge is 0.462 e. The number of benzene rings is 1. The zero-order valence-electron chi connectivity index (χ0n) is 13.1. The molecule has 4 heteroatoms. The standard InChI is InChI=1S/C19H17NO3/c1-3-23-19(22)15-11-16-8-5-9-20(16)17(12-15)18(21)14-7-4-6-13(2)10-14/h4-12H,3H2,1-2H3. The average Bonchev–Trinajstić information content (AvgIpc) is 3.02. The van der Waals surface area contributed by atoms with Crippen LogP contribution in [0.3, 0.4) is 0 Å². The van der Waals surface area contributed by atoms with E-state index in [1.165, 1.54) is 0 Å². The lowest BCUT2D eigenvalue weighted by Gasteiger charge is -2.09. The fourth-order valence-electron chi connectivity index (χ4n) is 2.59. The highest BCUT2D eigenvalue weighted by molar-refractivity contribution is 6.09. The fourth-order valence-corrected chi connectivity index (χ4v) is 2.59. The molecule has 0 aliphatic heterocycles. The Bertz CT molecular complexity index is 893. The SMILES string of the molecule is CCOC(=O)c1cc(C(=O)c2cccc(C)c2)n2cccc2c1. The summed E-state index contributed by atoms with van der Waals surface area (Å²) in [7, 11) is 0. The van der Waals surface area contributed by atoms with Crippen molar-refractivity contribution in [1.29, 1.82) is 0 Å². The Morgan fingerprint density at radius 3 is 2.61 bits per heavy atom. The van der Waals surface area contributed by atoms with Gasteiger partial charge in [-0.15, -0.1) is 0 Å². The first-order chi connectivity index (χ1) is 11.1. The summed E-state index contributed by atoms with van der Waals surface area (Å²) in [5, 5.41) is 0. The molecule has 0 bridgehead atoms. The number of rotatable bonds is 4. The van der Waals surface area contributed by atoms with Gasteiger partial charge in [0, 0.05) is 17.3 Å². The number of fused-ring (bicyclic) bond motifs is 1.